The topological polar surface area (TPSA) is 43.3 Å². The number of hydroxylamine groups is 3. The Kier molecular flexibility index (Phi) is 14.7. The fourth-order valence-electron chi connectivity index (χ4n) is 2.85. The Hall–Kier alpha value is -0.120. The molecule has 0 bridgehead atoms. The molecule has 0 rings (SSSR count). The van der Waals surface area contributed by atoms with E-state index < -0.39 is 0 Å². The number of rotatable bonds is 16. The number of nitrogens with zero attached hydrogens (tertiary/aromatic N) is 1. The summed E-state index contributed by atoms with van der Waals surface area (Å²) in [6, 6.07) is 0. The monoisotopic (exact) mass is 301 g/mol. The van der Waals surface area contributed by atoms with Crippen molar-refractivity contribution in [1.29, 1.82) is 0 Å². The number of quaternary nitrogens is 1. The van der Waals surface area contributed by atoms with Crippen molar-refractivity contribution in [2.24, 2.45) is 0 Å². The molecule has 21 heavy (non-hydrogen) atoms. The van der Waals surface area contributed by atoms with Gasteiger partial charge < -0.3 is 15.0 Å². The maximum absolute atomic E-state index is 12.3. The summed E-state index contributed by atoms with van der Waals surface area (Å²) < 4.78 is -0.113. The molecule has 1 N–H and O–H groups in total. The number of unbranched alkanes of at least 4 members (excludes halogenated alkanes) is 10. The van der Waals surface area contributed by atoms with E-state index in [1.54, 1.807) is 0 Å². The van der Waals surface area contributed by atoms with Crippen LogP contribution in [0.5, 0.6) is 0 Å². The fourth-order valence-corrected chi connectivity index (χ4v) is 2.85. The molecule has 0 aromatic rings. The van der Waals surface area contributed by atoms with Crippen molar-refractivity contribution in [2.75, 3.05) is 26.2 Å². The Morgan fingerprint density at radius 2 is 1.10 bits per heavy atom. The van der Waals surface area contributed by atoms with E-state index in [1.807, 2.05) is 6.92 Å². The molecule has 0 aliphatic heterocycles. The lowest BCUT2D eigenvalue weighted by molar-refractivity contribution is -0.879. The van der Waals surface area contributed by atoms with E-state index in [-0.39, 0.29) is 11.3 Å². The molecule has 3 nitrogen and oxygen atoms in total. The molecule has 0 aromatic carbocycles. The van der Waals surface area contributed by atoms with E-state index in [0.717, 1.165) is 13.0 Å². The Morgan fingerprint density at radius 1 is 0.667 bits per heavy atom. The first-order valence-electron chi connectivity index (χ1n) is 9.36. The summed E-state index contributed by atoms with van der Waals surface area (Å²) in [4.78, 5) is 0. The van der Waals surface area contributed by atoms with Crippen LogP contribution in [0.1, 0.15) is 90.9 Å². The largest absolute Gasteiger partial charge is 0.633 e. The maximum Gasteiger partial charge on any atom is 0.0806 e. The number of aliphatic hydroxyl groups excluding tert-OH is 1. The van der Waals surface area contributed by atoms with E-state index in [9.17, 15) is 5.21 Å². The molecule has 1 unspecified atom stereocenters. The van der Waals surface area contributed by atoms with Gasteiger partial charge in [-0.15, -0.1) is 0 Å². The zero-order valence-corrected chi connectivity index (χ0v) is 14.6. The van der Waals surface area contributed by atoms with Crippen LogP contribution in [0.25, 0.3) is 0 Å². The highest BCUT2D eigenvalue weighted by Crippen LogP contribution is 2.13. The van der Waals surface area contributed by atoms with Gasteiger partial charge in [-0.3, -0.25) is 0 Å². The van der Waals surface area contributed by atoms with Gasteiger partial charge in [0.25, 0.3) is 0 Å². The van der Waals surface area contributed by atoms with Crippen molar-refractivity contribution in [3.63, 3.8) is 0 Å². The molecular weight excluding hydrogens is 262 g/mol. The van der Waals surface area contributed by atoms with Gasteiger partial charge in [0.15, 0.2) is 0 Å². The van der Waals surface area contributed by atoms with Crippen LogP contribution in [0.4, 0.5) is 0 Å². The summed E-state index contributed by atoms with van der Waals surface area (Å²) in [5.74, 6) is 0. The molecule has 0 aliphatic carbocycles. The summed E-state index contributed by atoms with van der Waals surface area (Å²) >= 11 is 0. The molecule has 0 heterocycles. The second-order valence-electron chi connectivity index (χ2n) is 6.43. The molecule has 0 amide bonds. The summed E-state index contributed by atoms with van der Waals surface area (Å²) in [6.45, 7) is 6.30. The van der Waals surface area contributed by atoms with Gasteiger partial charge in [0.1, 0.15) is 0 Å². The molecule has 0 aliphatic rings. The van der Waals surface area contributed by atoms with E-state index in [4.69, 9.17) is 5.11 Å². The van der Waals surface area contributed by atoms with Crippen molar-refractivity contribution in [2.45, 2.75) is 90.9 Å². The van der Waals surface area contributed by atoms with Crippen LogP contribution in [0, 0.1) is 5.21 Å². The van der Waals surface area contributed by atoms with Gasteiger partial charge in [0.05, 0.1) is 19.6 Å². The Labute approximate surface area is 132 Å². The highest BCUT2D eigenvalue weighted by molar-refractivity contribution is 4.50. The average Bonchev–Trinajstić information content (AvgIpc) is 2.50. The van der Waals surface area contributed by atoms with Crippen molar-refractivity contribution >= 4 is 0 Å². The number of aliphatic hydroxyl groups is 1. The second-order valence-corrected chi connectivity index (χ2v) is 6.43. The first-order chi connectivity index (χ1) is 10.2. The highest BCUT2D eigenvalue weighted by Gasteiger charge is 2.12. The summed E-state index contributed by atoms with van der Waals surface area (Å²) in [5.41, 5.74) is 0. The molecule has 0 aromatic heterocycles. The van der Waals surface area contributed by atoms with Gasteiger partial charge in [-0.05, 0) is 19.8 Å². The van der Waals surface area contributed by atoms with Crippen molar-refractivity contribution in [3.8, 4) is 0 Å². The Balaban J connectivity index is 3.34. The minimum atomic E-state index is -0.113. The average molecular weight is 302 g/mol. The maximum atomic E-state index is 12.3. The third kappa shape index (κ3) is 13.3. The van der Waals surface area contributed by atoms with Crippen molar-refractivity contribution < 1.29 is 9.75 Å². The Morgan fingerprint density at radius 3 is 1.52 bits per heavy atom. The zero-order chi connectivity index (χ0) is 15.8. The first-order valence-corrected chi connectivity index (χ1v) is 9.36. The van der Waals surface area contributed by atoms with Gasteiger partial charge in [-0.1, -0.05) is 64.7 Å². The van der Waals surface area contributed by atoms with Crippen LogP contribution in [0.3, 0.4) is 0 Å². The van der Waals surface area contributed by atoms with Gasteiger partial charge in [-0.25, -0.2) is 0 Å². The normalized spacial score (nSPS) is 14.3. The van der Waals surface area contributed by atoms with Crippen LogP contribution in [0.15, 0.2) is 0 Å². The summed E-state index contributed by atoms with van der Waals surface area (Å²) in [5, 5.41) is 21.2. The summed E-state index contributed by atoms with van der Waals surface area (Å²) in [7, 11) is 0. The predicted octanol–water partition coefficient (Wildman–Crippen LogP) is 5.01. The first kappa shape index (κ1) is 20.9. The van der Waals surface area contributed by atoms with Crippen LogP contribution in [-0.2, 0) is 0 Å². The van der Waals surface area contributed by atoms with Crippen molar-refractivity contribution in [1.82, 2.24) is 0 Å². The molecule has 0 saturated carbocycles. The molecule has 0 spiro atoms. The molecule has 128 valence electrons. The van der Waals surface area contributed by atoms with E-state index in [0.29, 0.717) is 19.5 Å². The Bertz CT molecular complexity index is 211. The highest BCUT2D eigenvalue weighted by atomic mass is 16.5. The molecule has 3 heteroatoms. The molecule has 0 radical (unpaired) electrons. The predicted molar refractivity (Wildman–Crippen MR) is 92.1 cm³/mol. The van der Waals surface area contributed by atoms with Crippen LogP contribution in [-0.4, -0.2) is 36.0 Å². The number of hydrogen-bond acceptors (Lipinski definition) is 2. The van der Waals surface area contributed by atoms with E-state index in [1.165, 1.54) is 64.2 Å². The fraction of sp³-hybridized carbons (Fsp3) is 1.00. The van der Waals surface area contributed by atoms with Gasteiger partial charge in [0, 0.05) is 13.0 Å². The standard InChI is InChI=1S/C18H39NO2/c1-3-5-6-7-8-9-10-11-12-13-14-16-19(21,4-2)17-15-18-20/h20H,3-18H2,1-2H3. The zero-order valence-electron chi connectivity index (χ0n) is 14.6. The van der Waals surface area contributed by atoms with Gasteiger partial charge in [0.2, 0.25) is 0 Å². The number of hydrogen-bond donors (Lipinski definition) is 1. The SMILES string of the molecule is CCCCCCCCCCCCC[N+]([O-])(CC)CCCO. The molecular formula is C18H39NO2. The lowest BCUT2D eigenvalue weighted by Crippen LogP contribution is -2.43. The summed E-state index contributed by atoms with van der Waals surface area (Å²) in [6.07, 6.45) is 15.2. The second kappa shape index (κ2) is 14.8. The van der Waals surface area contributed by atoms with Crippen molar-refractivity contribution in [3.05, 3.63) is 5.21 Å². The lowest BCUT2D eigenvalue weighted by Gasteiger charge is -2.42. The minimum absolute atomic E-state index is 0.113. The van der Waals surface area contributed by atoms with Crippen LogP contribution >= 0.6 is 0 Å². The van der Waals surface area contributed by atoms with E-state index >= 15 is 0 Å². The van der Waals surface area contributed by atoms with Crippen LogP contribution in [0.2, 0.25) is 0 Å². The van der Waals surface area contributed by atoms with Gasteiger partial charge >= 0.3 is 0 Å². The molecule has 1 atom stereocenters. The third-order valence-corrected chi connectivity index (χ3v) is 4.47. The smallest absolute Gasteiger partial charge is 0.0806 e. The lowest BCUT2D eigenvalue weighted by atomic mass is 10.1. The van der Waals surface area contributed by atoms with E-state index in [2.05, 4.69) is 6.92 Å². The molecule has 0 saturated heterocycles. The molecule has 0 fully saturated rings. The minimum Gasteiger partial charge on any atom is -0.633 e. The quantitative estimate of drug-likeness (QED) is 0.247. The van der Waals surface area contributed by atoms with Crippen LogP contribution < -0.4 is 0 Å². The third-order valence-electron chi connectivity index (χ3n) is 4.47. The van der Waals surface area contributed by atoms with Gasteiger partial charge in [-0.2, -0.15) is 0 Å².